The van der Waals surface area contributed by atoms with Crippen LogP contribution in [-0.4, -0.2) is 20.4 Å². The van der Waals surface area contributed by atoms with E-state index in [1.807, 2.05) is 37.3 Å². The third-order valence-corrected chi connectivity index (χ3v) is 4.99. The average Bonchev–Trinajstić information content (AvgIpc) is 2.56. The standard InChI is InChI=1S/C17H18Br2N2O2/c1-11-14(18)6-13(7-15(11)19)10-21-20-9-12-4-5-16(22-2)17(8-12)23-3/h4-8,10,20H,9H2,1-3H3/b21-10-. The largest absolute Gasteiger partial charge is 0.493 e. The molecule has 4 nitrogen and oxygen atoms in total. The number of rotatable bonds is 6. The summed E-state index contributed by atoms with van der Waals surface area (Å²) in [7, 11) is 3.25. The van der Waals surface area contributed by atoms with E-state index >= 15 is 0 Å². The number of nitrogens with zero attached hydrogens (tertiary/aromatic N) is 1. The van der Waals surface area contributed by atoms with Gasteiger partial charge in [-0.3, -0.25) is 0 Å². The molecule has 2 rings (SSSR count). The van der Waals surface area contributed by atoms with Crippen molar-refractivity contribution in [3.8, 4) is 11.5 Å². The van der Waals surface area contributed by atoms with Crippen molar-refractivity contribution in [3.05, 3.63) is 56.0 Å². The molecule has 0 saturated carbocycles. The molecule has 0 fully saturated rings. The zero-order valence-electron chi connectivity index (χ0n) is 13.2. The lowest BCUT2D eigenvalue weighted by atomic mass is 10.2. The van der Waals surface area contributed by atoms with Crippen molar-refractivity contribution in [2.24, 2.45) is 5.10 Å². The van der Waals surface area contributed by atoms with Crippen molar-refractivity contribution >= 4 is 38.1 Å². The fourth-order valence-electron chi connectivity index (χ4n) is 1.99. The second-order valence-electron chi connectivity index (χ2n) is 4.89. The average molecular weight is 442 g/mol. The summed E-state index contributed by atoms with van der Waals surface area (Å²) in [6.07, 6.45) is 1.79. The van der Waals surface area contributed by atoms with Crippen LogP contribution in [0.1, 0.15) is 16.7 Å². The first-order valence-electron chi connectivity index (χ1n) is 6.97. The van der Waals surface area contributed by atoms with Crippen molar-refractivity contribution in [1.82, 2.24) is 5.43 Å². The Morgan fingerprint density at radius 1 is 1.04 bits per heavy atom. The first kappa shape index (κ1) is 17.8. The Bertz CT molecular complexity index is 695. The molecule has 0 radical (unpaired) electrons. The van der Waals surface area contributed by atoms with Crippen LogP contribution in [0.15, 0.2) is 44.4 Å². The van der Waals surface area contributed by atoms with Gasteiger partial charge in [0.1, 0.15) is 0 Å². The van der Waals surface area contributed by atoms with Crippen molar-refractivity contribution in [1.29, 1.82) is 0 Å². The highest BCUT2D eigenvalue weighted by Gasteiger charge is 2.04. The van der Waals surface area contributed by atoms with E-state index in [1.54, 1.807) is 20.4 Å². The Hall–Kier alpha value is -1.53. The Labute approximate surface area is 153 Å². The highest BCUT2D eigenvalue weighted by Crippen LogP contribution is 2.27. The minimum atomic E-state index is 0.602. The summed E-state index contributed by atoms with van der Waals surface area (Å²) >= 11 is 7.07. The summed E-state index contributed by atoms with van der Waals surface area (Å²) in [5.74, 6) is 1.43. The number of methoxy groups -OCH3 is 2. The lowest BCUT2D eigenvalue weighted by Crippen LogP contribution is -2.06. The number of hydrogen-bond acceptors (Lipinski definition) is 4. The third-order valence-electron chi connectivity index (χ3n) is 3.34. The lowest BCUT2D eigenvalue weighted by molar-refractivity contribution is 0.354. The fraction of sp³-hybridized carbons (Fsp3) is 0.235. The third kappa shape index (κ3) is 4.72. The van der Waals surface area contributed by atoms with Gasteiger partial charge in [0.15, 0.2) is 11.5 Å². The number of benzene rings is 2. The molecule has 0 atom stereocenters. The van der Waals surface area contributed by atoms with Gasteiger partial charge in [-0.25, -0.2) is 0 Å². The molecule has 122 valence electrons. The van der Waals surface area contributed by atoms with Crippen LogP contribution in [-0.2, 0) is 6.54 Å². The van der Waals surface area contributed by atoms with Crippen LogP contribution in [0.4, 0.5) is 0 Å². The Morgan fingerprint density at radius 3 is 2.30 bits per heavy atom. The van der Waals surface area contributed by atoms with Gasteiger partial charge in [0.25, 0.3) is 0 Å². The van der Waals surface area contributed by atoms with E-state index in [0.717, 1.165) is 20.1 Å². The minimum absolute atomic E-state index is 0.602. The number of hydrazone groups is 1. The molecule has 1 N–H and O–H groups in total. The minimum Gasteiger partial charge on any atom is -0.493 e. The summed E-state index contributed by atoms with van der Waals surface area (Å²) in [6.45, 7) is 2.65. The molecule has 0 saturated heterocycles. The monoisotopic (exact) mass is 440 g/mol. The van der Waals surface area contributed by atoms with E-state index in [1.165, 1.54) is 5.56 Å². The molecular formula is C17H18Br2N2O2. The SMILES string of the molecule is COc1ccc(CN/N=C\c2cc(Br)c(C)c(Br)c2)cc1OC. The van der Waals surface area contributed by atoms with Gasteiger partial charge in [-0.2, -0.15) is 5.10 Å². The van der Waals surface area contributed by atoms with Crippen LogP contribution in [0.25, 0.3) is 0 Å². The molecule has 0 amide bonds. The predicted molar refractivity (Wildman–Crippen MR) is 101 cm³/mol. The van der Waals surface area contributed by atoms with E-state index in [9.17, 15) is 0 Å². The zero-order valence-corrected chi connectivity index (χ0v) is 16.4. The van der Waals surface area contributed by atoms with Crippen molar-refractivity contribution in [2.75, 3.05) is 14.2 Å². The van der Waals surface area contributed by atoms with E-state index in [-0.39, 0.29) is 0 Å². The van der Waals surface area contributed by atoms with Crippen LogP contribution in [0.5, 0.6) is 11.5 Å². The highest BCUT2D eigenvalue weighted by molar-refractivity contribution is 9.11. The first-order chi connectivity index (χ1) is 11.0. The molecule has 23 heavy (non-hydrogen) atoms. The van der Waals surface area contributed by atoms with Gasteiger partial charge in [0.2, 0.25) is 0 Å². The smallest absolute Gasteiger partial charge is 0.161 e. The Kier molecular flexibility index (Phi) is 6.47. The zero-order chi connectivity index (χ0) is 16.8. The van der Waals surface area contributed by atoms with E-state index in [0.29, 0.717) is 18.0 Å². The van der Waals surface area contributed by atoms with Crippen molar-refractivity contribution in [3.63, 3.8) is 0 Å². The van der Waals surface area contributed by atoms with Gasteiger partial charge in [0.05, 0.1) is 27.0 Å². The fourth-order valence-corrected chi connectivity index (χ4v) is 3.21. The van der Waals surface area contributed by atoms with Gasteiger partial charge in [0, 0.05) is 8.95 Å². The Balaban J connectivity index is 1.99. The van der Waals surface area contributed by atoms with E-state index in [4.69, 9.17) is 9.47 Å². The maximum Gasteiger partial charge on any atom is 0.161 e. The molecule has 0 aliphatic rings. The predicted octanol–water partition coefficient (Wildman–Crippen LogP) is 4.66. The lowest BCUT2D eigenvalue weighted by Gasteiger charge is -2.09. The van der Waals surface area contributed by atoms with Crippen LogP contribution < -0.4 is 14.9 Å². The van der Waals surface area contributed by atoms with Crippen molar-refractivity contribution < 1.29 is 9.47 Å². The van der Waals surface area contributed by atoms with Crippen LogP contribution in [0, 0.1) is 6.92 Å². The highest BCUT2D eigenvalue weighted by atomic mass is 79.9. The second-order valence-corrected chi connectivity index (χ2v) is 6.60. The molecule has 0 aromatic heterocycles. The number of halogens is 2. The normalized spacial score (nSPS) is 10.8. The molecule has 6 heteroatoms. The molecule has 0 heterocycles. The van der Waals surface area contributed by atoms with E-state index < -0.39 is 0 Å². The van der Waals surface area contributed by atoms with E-state index in [2.05, 4.69) is 42.4 Å². The topological polar surface area (TPSA) is 42.8 Å². The second kappa shape index (κ2) is 8.36. The van der Waals surface area contributed by atoms with Crippen LogP contribution >= 0.6 is 31.9 Å². The summed E-state index contributed by atoms with van der Waals surface area (Å²) in [6, 6.07) is 9.85. The van der Waals surface area contributed by atoms with Gasteiger partial charge in [-0.1, -0.05) is 37.9 Å². The molecule has 2 aromatic carbocycles. The molecule has 0 unspecified atom stereocenters. The molecule has 0 bridgehead atoms. The molecular weight excluding hydrogens is 424 g/mol. The molecule has 0 spiro atoms. The van der Waals surface area contributed by atoms with Crippen molar-refractivity contribution in [2.45, 2.75) is 13.5 Å². The molecule has 0 aliphatic carbocycles. The number of hydrogen-bond donors (Lipinski definition) is 1. The summed E-state index contributed by atoms with van der Waals surface area (Å²) in [5, 5.41) is 4.26. The van der Waals surface area contributed by atoms with Crippen LogP contribution in [0.2, 0.25) is 0 Å². The Morgan fingerprint density at radius 2 is 1.70 bits per heavy atom. The summed E-state index contributed by atoms with van der Waals surface area (Å²) in [5.41, 5.74) is 6.27. The number of nitrogens with one attached hydrogen (secondary N) is 1. The number of ether oxygens (including phenoxy) is 2. The molecule has 2 aromatic rings. The maximum absolute atomic E-state index is 5.29. The first-order valence-corrected chi connectivity index (χ1v) is 8.56. The summed E-state index contributed by atoms with van der Waals surface area (Å²) < 4.78 is 12.6. The van der Waals surface area contributed by atoms with Gasteiger partial charge in [-0.05, 0) is 47.9 Å². The van der Waals surface area contributed by atoms with Gasteiger partial charge in [-0.15, -0.1) is 0 Å². The molecule has 0 aliphatic heterocycles. The van der Waals surface area contributed by atoms with Gasteiger partial charge < -0.3 is 14.9 Å². The van der Waals surface area contributed by atoms with Crippen LogP contribution in [0.3, 0.4) is 0 Å². The summed E-state index contributed by atoms with van der Waals surface area (Å²) in [4.78, 5) is 0. The van der Waals surface area contributed by atoms with Gasteiger partial charge >= 0.3 is 0 Å². The maximum atomic E-state index is 5.29. The quantitative estimate of drug-likeness (QED) is 0.523.